The zero-order valence-electron chi connectivity index (χ0n) is 35.4. The second-order valence-electron chi connectivity index (χ2n) is 13.6. The molecule has 0 bridgehead atoms. The third-order valence-electron chi connectivity index (χ3n) is 8.51. The summed E-state index contributed by atoms with van der Waals surface area (Å²) < 4.78 is 40.8. The van der Waals surface area contributed by atoms with Crippen LogP contribution >= 0.6 is 0 Å². The Morgan fingerprint density at radius 1 is 0.462 bits per heavy atom. The third kappa shape index (κ3) is 16.8. The van der Waals surface area contributed by atoms with E-state index in [0.717, 1.165) is 23.3 Å². The van der Waals surface area contributed by atoms with Gasteiger partial charge >= 0.3 is 48.0 Å². The molecule has 2 atom stereocenters. The Hall–Kier alpha value is -8.28. The van der Waals surface area contributed by atoms with Gasteiger partial charge in [-0.3, -0.25) is 10.6 Å². The van der Waals surface area contributed by atoms with E-state index in [4.69, 9.17) is 37.9 Å². The van der Waals surface area contributed by atoms with Crippen LogP contribution in [0.25, 0.3) is 0 Å². The molecule has 2 N–H and O–H groups in total. The number of rotatable bonds is 22. The topological polar surface area (TPSA) is 234 Å². The van der Waals surface area contributed by atoms with E-state index < -0.39 is 60.2 Å². The maximum absolute atomic E-state index is 12.8. The lowest BCUT2D eigenvalue weighted by molar-refractivity contribution is -0.139. The van der Waals surface area contributed by atoms with E-state index in [1.165, 1.54) is 62.4 Å². The zero-order chi connectivity index (χ0) is 47.1. The average molecular weight is 895 g/mol. The van der Waals surface area contributed by atoms with Crippen molar-refractivity contribution in [2.75, 3.05) is 50.3 Å². The summed E-state index contributed by atoms with van der Waals surface area (Å²) in [5, 5.41) is 5.23. The molecule has 0 aliphatic carbocycles. The molecule has 0 heterocycles. The summed E-state index contributed by atoms with van der Waals surface area (Å²) in [5.41, 5.74) is 2.48. The first-order valence-corrected chi connectivity index (χ1v) is 19.8. The maximum Gasteiger partial charge on any atom is 0.412 e. The minimum Gasteiger partial charge on any atom is -0.459 e. The fourth-order valence-corrected chi connectivity index (χ4v) is 5.42. The van der Waals surface area contributed by atoms with Crippen LogP contribution in [0.1, 0.15) is 66.4 Å². The number of benzene rings is 4. The molecular formula is C47H46N2O16. The molecule has 0 aliphatic rings. The molecule has 4 aromatic carbocycles. The van der Waals surface area contributed by atoms with Gasteiger partial charge in [-0.2, -0.15) is 0 Å². The van der Waals surface area contributed by atoms with Crippen molar-refractivity contribution in [1.82, 2.24) is 0 Å². The molecule has 4 aromatic rings. The molecule has 0 saturated carbocycles. The largest absolute Gasteiger partial charge is 0.459 e. The first-order chi connectivity index (χ1) is 31.3. The second-order valence-corrected chi connectivity index (χ2v) is 13.6. The summed E-state index contributed by atoms with van der Waals surface area (Å²) in [7, 11) is 0. The van der Waals surface area contributed by atoms with E-state index in [9.17, 15) is 38.4 Å². The van der Waals surface area contributed by atoms with Crippen LogP contribution in [-0.4, -0.2) is 99.9 Å². The van der Waals surface area contributed by atoms with Gasteiger partial charge in [-0.1, -0.05) is 61.7 Å². The minimum absolute atomic E-state index is 0.0602. The number of esters is 6. The molecule has 0 fully saturated rings. The first-order valence-electron chi connectivity index (χ1n) is 19.8. The van der Waals surface area contributed by atoms with Crippen LogP contribution in [0.5, 0.6) is 0 Å². The Morgan fingerprint density at radius 3 is 1.09 bits per heavy atom. The Balaban J connectivity index is 1.15. The Bertz CT molecular complexity index is 2180. The molecule has 2 amide bonds. The lowest BCUT2D eigenvalue weighted by atomic mass is 10.0. The normalized spacial score (nSPS) is 11.2. The highest BCUT2D eigenvalue weighted by Gasteiger charge is 2.22. The maximum atomic E-state index is 12.8. The number of hydrogen-bond donors (Lipinski definition) is 2. The predicted molar refractivity (Wildman–Crippen MR) is 231 cm³/mol. The van der Waals surface area contributed by atoms with Gasteiger partial charge in [0.15, 0.2) is 0 Å². The van der Waals surface area contributed by atoms with Crippen LogP contribution in [0.3, 0.4) is 0 Å². The highest BCUT2D eigenvalue weighted by atomic mass is 16.6. The van der Waals surface area contributed by atoms with Gasteiger partial charge < -0.3 is 37.9 Å². The summed E-state index contributed by atoms with van der Waals surface area (Å²) in [5.74, 6) is -4.67. The van der Waals surface area contributed by atoms with Crippen molar-refractivity contribution in [3.63, 3.8) is 0 Å². The monoisotopic (exact) mass is 894 g/mol. The highest BCUT2D eigenvalue weighted by molar-refractivity contribution is 6.04. The van der Waals surface area contributed by atoms with Crippen molar-refractivity contribution in [1.29, 1.82) is 0 Å². The summed E-state index contributed by atoms with van der Waals surface area (Å²) in [6.45, 7) is 8.11. The van der Waals surface area contributed by atoms with Gasteiger partial charge in [0, 0.05) is 23.5 Å². The molecule has 65 heavy (non-hydrogen) atoms. The number of hydrogen-bond acceptors (Lipinski definition) is 16. The fourth-order valence-electron chi connectivity index (χ4n) is 5.42. The predicted octanol–water partition coefficient (Wildman–Crippen LogP) is 6.64. The van der Waals surface area contributed by atoms with Gasteiger partial charge in [0.05, 0.1) is 22.3 Å². The lowest BCUT2D eigenvalue weighted by Gasteiger charge is -2.15. The van der Waals surface area contributed by atoms with Crippen molar-refractivity contribution in [3.05, 3.63) is 156 Å². The molecular weight excluding hydrogens is 849 g/mol. The smallest absolute Gasteiger partial charge is 0.412 e. The fraction of sp³-hybridized carbons (Fsp3) is 0.234. The summed E-state index contributed by atoms with van der Waals surface area (Å²) >= 11 is 0. The zero-order valence-corrected chi connectivity index (χ0v) is 35.4. The van der Waals surface area contributed by atoms with Gasteiger partial charge in [-0.05, 0) is 79.9 Å². The summed E-state index contributed by atoms with van der Waals surface area (Å²) in [6.07, 6.45) is -0.810. The van der Waals surface area contributed by atoms with Gasteiger partial charge in [-0.15, -0.1) is 0 Å². The molecule has 0 saturated heterocycles. The molecule has 0 radical (unpaired) electrons. The van der Waals surface area contributed by atoms with Gasteiger partial charge in [0.1, 0.15) is 51.8 Å². The van der Waals surface area contributed by atoms with Gasteiger partial charge in [0.2, 0.25) is 0 Å². The molecule has 18 heteroatoms. The molecule has 2 unspecified atom stereocenters. The molecule has 4 rings (SSSR count). The molecule has 0 aliphatic heterocycles. The van der Waals surface area contributed by atoms with Crippen LogP contribution in [-0.2, 0) is 53.9 Å². The van der Waals surface area contributed by atoms with E-state index in [2.05, 4.69) is 23.8 Å². The van der Waals surface area contributed by atoms with Crippen molar-refractivity contribution < 1.29 is 76.3 Å². The number of carbonyl (C=O) groups excluding carboxylic acids is 8. The number of ether oxygens (including phenoxy) is 8. The Kier molecular flexibility index (Phi) is 19.5. The van der Waals surface area contributed by atoms with E-state index in [-0.39, 0.29) is 61.9 Å². The van der Waals surface area contributed by atoms with E-state index in [0.29, 0.717) is 17.8 Å². The van der Waals surface area contributed by atoms with E-state index in [1.54, 1.807) is 24.3 Å². The quantitative estimate of drug-likeness (QED) is 0.0364. The van der Waals surface area contributed by atoms with Crippen molar-refractivity contribution in [2.24, 2.45) is 0 Å². The van der Waals surface area contributed by atoms with E-state index >= 15 is 0 Å². The SMILES string of the molecule is C=CC(=O)OCCOC(=O)c1ccccc1C(=O)OCC(C)OC(=O)Nc1ccc(Cc2ccc(NC(=O)OC(C)COC(=O)c3ccccc3C(=O)OCCOC(=O)C=C)cc2)cc1. The molecule has 0 aromatic heterocycles. The molecule has 340 valence electrons. The van der Waals surface area contributed by atoms with Gasteiger partial charge in [-0.25, -0.2) is 38.4 Å². The summed E-state index contributed by atoms with van der Waals surface area (Å²) in [6, 6.07) is 25.7. The van der Waals surface area contributed by atoms with Crippen molar-refractivity contribution in [3.8, 4) is 0 Å². The van der Waals surface area contributed by atoms with Crippen LogP contribution in [0.4, 0.5) is 21.0 Å². The van der Waals surface area contributed by atoms with Crippen LogP contribution in [0.2, 0.25) is 0 Å². The Morgan fingerprint density at radius 2 is 0.769 bits per heavy atom. The number of nitrogens with one attached hydrogen (secondary N) is 2. The van der Waals surface area contributed by atoms with Crippen LogP contribution < -0.4 is 10.6 Å². The van der Waals surface area contributed by atoms with Gasteiger partial charge in [0.25, 0.3) is 0 Å². The number of carbonyl (C=O) groups is 8. The van der Waals surface area contributed by atoms with Crippen LogP contribution in [0.15, 0.2) is 122 Å². The lowest BCUT2D eigenvalue weighted by Crippen LogP contribution is -2.26. The molecule has 18 nitrogen and oxygen atoms in total. The van der Waals surface area contributed by atoms with Crippen LogP contribution in [0, 0.1) is 0 Å². The Labute approximate surface area is 373 Å². The van der Waals surface area contributed by atoms with Crippen molar-refractivity contribution >= 4 is 59.4 Å². The third-order valence-corrected chi connectivity index (χ3v) is 8.51. The highest BCUT2D eigenvalue weighted by Crippen LogP contribution is 2.18. The first kappa shape index (κ1) is 49.4. The number of anilines is 2. The number of amides is 2. The van der Waals surface area contributed by atoms with Crippen molar-refractivity contribution in [2.45, 2.75) is 32.5 Å². The minimum atomic E-state index is -0.852. The standard InChI is InChI=1S/C47H46N2O16/c1-5-40(50)58-23-25-60-42(52)36-11-7-9-13-38(36)44(54)62-28-30(3)64-46(56)48-34-19-15-32(16-20-34)27-33-17-21-35(22-18-33)49-47(57)65-31(4)29-63-45(55)39-14-10-8-12-37(39)43(53)61-26-24-59-41(51)6-2/h5-22,30-31H,1-2,23-29H2,3-4H3,(H,48,56)(H,49,57). The molecule has 0 spiro atoms. The second kappa shape index (κ2) is 25.6. The van der Waals surface area contributed by atoms with E-state index in [1.807, 2.05) is 24.3 Å². The average Bonchev–Trinajstić information content (AvgIpc) is 3.30. The summed E-state index contributed by atoms with van der Waals surface area (Å²) in [4.78, 5) is 98.0.